The Morgan fingerprint density at radius 2 is 2.15 bits per heavy atom. The molecule has 0 fully saturated rings. The molecule has 0 aromatic carbocycles. The van der Waals surface area contributed by atoms with Gasteiger partial charge in [-0.3, -0.25) is 0 Å². The number of aromatic nitrogens is 1. The largest absolute Gasteiger partial charge is 0.446 e. The summed E-state index contributed by atoms with van der Waals surface area (Å²) < 4.78 is 5.43. The van der Waals surface area contributed by atoms with Gasteiger partial charge in [-0.1, -0.05) is 20.8 Å². The fourth-order valence-electron chi connectivity index (χ4n) is 1.11. The molecule has 0 saturated heterocycles. The zero-order valence-electron chi connectivity index (χ0n) is 8.50. The van der Waals surface area contributed by atoms with Crippen LogP contribution in [-0.2, 0) is 12.8 Å². The van der Waals surface area contributed by atoms with Gasteiger partial charge in [-0.15, -0.1) is 0 Å². The normalized spacial score (nSPS) is 12.0. The lowest BCUT2D eigenvalue weighted by Gasteiger charge is -2.14. The number of aliphatic hydroxyl groups is 1. The van der Waals surface area contributed by atoms with Crippen LogP contribution < -0.4 is 0 Å². The van der Waals surface area contributed by atoms with Crippen LogP contribution in [0.3, 0.4) is 0 Å². The molecule has 0 radical (unpaired) electrons. The van der Waals surface area contributed by atoms with Crippen molar-refractivity contribution in [1.29, 1.82) is 0 Å². The van der Waals surface area contributed by atoms with Crippen LogP contribution in [0.15, 0.2) is 10.6 Å². The van der Waals surface area contributed by atoms with Gasteiger partial charge in [-0.2, -0.15) is 0 Å². The molecular weight excluding hydrogens is 166 g/mol. The Balaban J connectivity index is 2.59. The van der Waals surface area contributed by atoms with Crippen LogP contribution in [0.1, 0.15) is 32.4 Å². The Labute approximate surface area is 78.8 Å². The van der Waals surface area contributed by atoms with Gasteiger partial charge in [-0.25, -0.2) is 4.98 Å². The van der Waals surface area contributed by atoms with E-state index in [-0.39, 0.29) is 12.0 Å². The summed E-state index contributed by atoms with van der Waals surface area (Å²) in [4.78, 5) is 4.14. The van der Waals surface area contributed by atoms with E-state index in [4.69, 9.17) is 9.52 Å². The minimum atomic E-state index is 0.115. The summed E-state index contributed by atoms with van der Waals surface area (Å²) in [6, 6.07) is 0. The summed E-state index contributed by atoms with van der Waals surface area (Å²) in [6.45, 7) is 6.54. The minimum Gasteiger partial charge on any atom is -0.446 e. The smallest absolute Gasteiger partial charge is 0.194 e. The van der Waals surface area contributed by atoms with E-state index >= 15 is 0 Å². The minimum absolute atomic E-state index is 0.115. The van der Waals surface area contributed by atoms with E-state index in [0.29, 0.717) is 6.42 Å². The van der Waals surface area contributed by atoms with Crippen molar-refractivity contribution < 1.29 is 9.52 Å². The van der Waals surface area contributed by atoms with Gasteiger partial charge in [0.25, 0.3) is 0 Å². The number of hydrogen-bond acceptors (Lipinski definition) is 3. The van der Waals surface area contributed by atoms with Gasteiger partial charge in [0, 0.05) is 12.8 Å². The molecule has 1 aromatic heterocycles. The predicted octanol–water partition coefficient (Wildman–Crippen LogP) is 1.80. The molecule has 1 rings (SSSR count). The van der Waals surface area contributed by atoms with Gasteiger partial charge in [0.05, 0.1) is 12.8 Å². The number of hydrogen-bond donors (Lipinski definition) is 1. The molecule has 0 spiro atoms. The Hall–Kier alpha value is -0.830. The highest BCUT2D eigenvalue weighted by atomic mass is 16.4. The van der Waals surface area contributed by atoms with Crippen molar-refractivity contribution >= 4 is 0 Å². The van der Waals surface area contributed by atoms with Crippen molar-refractivity contribution in [2.75, 3.05) is 6.61 Å². The average molecular weight is 183 g/mol. The first kappa shape index (κ1) is 10.3. The highest BCUT2D eigenvalue weighted by Gasteiger charge is 2.15. The molecule has 0 bridgehead atoms. The summed E-state index contributed by atoms with van der Waals surface area (Å²) >= 11 is 0. The molecule has 74 valence electrons. The number of oxazole rings is 1. The van der Waals surface area contributed by atoms with E-state index in [2.05, 4.69) is 25.8 Å². The average Bonchev–Trinajstić information content (AvgIpc) is 2.33. The third-order valence-corrected chi connectivity index (χ3v) is 1.64. The molecular formula is C10H17NO2. The monoisotopic (exact) mass is 183 g/mol. The molecule has 1 aromatic rings. The molecule has 0 aliphatic rings. The summed E-state index contributed by atoms with van der Waals surface area (Å²) in [5.41, 5.74) is 0.196. The number of aliphatic hydroxyl groups excluding tert-OH is 1. The first-order chi connectivity index (χ1) is 6.01. The maximum absolute atomic E-state index is 8.67. The van der Waals surface area contributed by atoms with Crippen LogP contribution in [-0.4, -0.2) is 16.7 Å². The highest BCUT2D eigenvalue weighted by molar-refractivity contribution is 4.95. The van der Waals surface area contributed by atoms with Gasteiger partial charge in [0.15, 0.2) is 5.89 Å². The third-order valence-electron chi connectivity index (χ3n) is 1.64. The zero-order valence-corrected chi connectivity index (χ0v) is 8.50. The quantitative estimate of drug-likeness (QED) is 0.777. The lowest BCUT2D eigenvalue weighted by molar-refractivity contribution is 0.281. The Bertz CT molecular complexity index is 260. The molecule has 13 heavy (non-hydrogen) atoms. The number of rotatable bonds is 3. The van der Waals surface area contributed by atoms with Crippen LogP contribution in [0.4, 0.5) is 0 Å². The fraction of sp³-hybridized carbons (Fsp3) is 0.700. The second kappa shape index (κ2) is 3.92. The van der Waals surface area contributed by atoms with Crippen molar-refractivity contribution in [3.63, 3.8) is 0 Å². The van der Waals surface area contributed by atoms with Gasteiger partial charge < -0.3 is 9.52 Å². The molecule has 0 amide bonds. The second-order valence-corrected chi connectivity index (χ2v) is 4.43. The maximum atomic E-state index is 8.67. The SMILES string of the molecule is CC(C)(C)Cc1ncc(CCO)o1. The molecule has 0 saturated carbocycles. The molecule has 0 aliphatic carbocycles. The molecule has 0 atom stereocenters. The van der Waals surface area contributed by atoms with E-state index in [1.807, 2.05) is 0 Å². The van der Waals surface area contributed by atoms with E-state index in [1.54, 1.807) is 6.20 Å². The summed E-state index contributed by atoms with van der Waals surface area (Å²) in [7, 11) is 0. The molecule has 0 unspecified atom stereocenters. The third kappa shape index (κ3) is 3.59. The summed E-state index contributed by atoms with van der Waals surface area (Å²) in [5, 5.41) is 8.67. The first-order valence-electron chi connectivity index (χ1n) is 4.56. The Morgan fingerprint density at radius 1 is 1.46 bits per heavy atom. The Morgan fingerprint density at radius 3 is 2.69 bits per heavy atom. The molecule has 3 nitrogen and oxygen atoms in total. The van der Waals surface area contributed by atoms with Crippen LogP contribution in [0.5, 0.6) is 0 Å². The first-order valence-corrected chi connectivity index (χ1v) is 4.56. The van der Waals surface area contributed by atoms with E-state index in [1.165, 1.54) is 0 Å². The van der Waals surface area contributed by atoms with Crippen molar-refractivity contribution in [1.82, 2.24) is 4.98 Å². The lowest BCUT2D eigenvalue weighted by atomic mass is 9.92. The second-order valence-electron chi connectivity index (χ2n) is 4.43. The van der Waals surface area contributed by atoms with Crippen molar-refractivity contribution in [2.45, 2.75) is 33.6 Å². The Kier molecular flexibility index (Phi) is 3.09. The molecule has 0 aliphatic heterocycles. The molecule has 3 heteroatoms. The van der Waals surface area contributed by atoms with E-state index in [9.17, 15) is 0 Å². The number of nitrogens with zero attached hydrogens (tertiary/aromatic N) is 1. The summed E-state index contributed by atoms with van der Waals surface area (Å²) in [6.07, 6.45) is 3.08. The van der Waals surface area contributed by atoms with Gasteiger partial charge in [0.1, 0.15) is 5.76 Å². The van der Waals surface area contributed by atoms with E-state index < -0.39 is 0 Å². The van der Waals surface area contributed by atoms with Crippen LogP contribution in [0.25, 0.3) is 0 Å². The zero-order chi connectivity index (χ0) is 9.90. The van der Waals surface area contributed by atoms with E-state index in [0.717, 1.165) is 18.1 Å². The van der Waals surface area contributed by atoms with Gasteiger partial charge in [-0.05, 0) is 5.41 Å². The molecule has 1 heterocycles. The predicted molar refractivity (Wildman–Crippen MR) is 50.5 cm³/mol. The maximum Gasteiger partial charge on any atom is 0.194 e. The lowest BCUT2D eigenvalue weighted by Crippen LogP contribution is -2.09. The molecule has 1 N–H and O–H groups in total. The standard InChI is InChI=1S/C10H17NO2/c1-10(2,3)6-9-11-7-8(13-9)4-5-12/h7,12H,4-6H2,1-3H3. The summed E-state index contributed by atoms with van der Waals surface area (Å²) in [5.74, 6) is 1.53. The van der Waals surface area contributed by atoms with Gasteiger partial charge >= 0.3 is 0 Å². The van der Waals surface area contributed by atoms with Crippen LogP contribution >= 0.6 is 0 Å². The van der Waals surface area contributed by atoms with Crippen LogP contribution in [0.2, 0.25) is 0 Å². The highest BCUT2D eigenvalue weighted by Crippen LogP contribution is 2.20. The van der Waals surface area contributed by atoms with Crippen LogP contribution in [0, 0.1) is 5.41 Å². The fourth-order valence-corrected chi connectivity index (χ4v) is 1.11. The topological polar surface area (TPSA) is 46.3 Å². The van der Waals surface area contributed by atoms with Gasteiger partial charge in [0.2, 0.25) is 0 Å². The van der Waals surface area contributed by atoms with Crippen molar-refractivity contribution in [3.8, 4) is 0 Å². The van der Waals surface area contributed by atoms with Crippen molar-refractivity contribution in [3.05, 3.63) is 17.8 Å². The van der Waals surface area contributed by atoms with Crippen molar-refractivity contribution in [2.24, 2.45) is 5.41 Å².